The molecular weight excluding hydrogens is 274 g/mol. The number of carbonyl (C=O) groups excluding carboxylic acids is 1. The first-order valence-corrected chi connectivity index (χ1v) is 5.57. The molecule has 16 heavy (non-hydrogen) atoms. The Morgan fingerprint density at radius 2 is 2.12 bits per heavy atom. The Labute approximate surface area is 103 Å². The zero-order valence-corrected chi connectivity index (χ0v) is 11.0. The monoisotopic (exact) mass is 287 g/mol. The molecule has 1 aromatic heterocycles. The predicted octanol–water partition coefficient (Wildman–Crippen LogP) is 1.99. The van der Waals surface area contributed by atoms with Gasteiger partial charge in [0, 0.05) is 0 Å². The third-order valence-corrected chi connectivity index (χ3v) is 1.93. The number of rotatable bonds is 3. The van der Waals surface area contributed by atoms with Gasteiger partial charge < -0.3 is 10.1 Å². The first kappa shape index (κ1) is 13.1. The van der Waals surface area contributed by atoms with Gasteiger partial charge in [0.2, 0.25) is 0 Å². The summed E-state index contributed by atoms with van der Waals surface area (Å²) in [5.41, 5.74) is -0.331. The summed E-state index contributed by atoms with van der Waals surface area (Å²) in [6.45, 7) is 5.67. The Balaban J connectivity index is 2.43. The van der Waals surface area contributed by atoms with E-state index in [0.717, 1.165) is 0 Å². The van der Waals surface area contributed by atoms with Crippen LogP contribution in [0, 0.1) is 0 Å². The summed E-state index contributed by atoms with van der Waals surface area (Å²) in [5.74, 6) is 0.164. The van der Waals surface area contributed by atoms with E-state index >= 15 is 0 Å². The number of halogens is 1. The van der Waals surface area contributed by atoms with E-state index in [1.54, 1.807) is 0 Å². The molecule has 0 aliphatic heterocycles. The van der Waals surface area contributed by atoms with E-state index in [1.807, 2.05) is 20.8 Å². The third kappa shape index (κ3) is 5.18. The molecule has 5 nitrogen and oxygen atoms in total. The van der Waals surface area contributed by atoms with Gasteiger partial charge in [-0.25, -0.2) is 9.97 Å². The van der Waals surface area contributed by atoms with Gasteiger partial charge in [-0.05, 0) is 36.7 Å². The highest BCUT2D eigenvalue weighted by Crippen LogP contribution is 2.08. The minimum Gasteiger partial charge on any atom is -0.366 e. The number of aromatic nitrogens is 2. The van der Waals surface area contributed by atoms with E-state index in [-0.39, 0.29) is 18.1 Å². The molecule has 88 valence electrons. The van der Waals surface area contributed by atoms with Crippen LogP contribution in [0.4, 0.5) is 5.82 Å². The fraction of sp³-hybridized carbons (Fsp3) is 0.500. The lowest BCUT2D eigenvalue weighted by Crippen LogP contribution is -2.27. The molecule has 1 rings (SSSR count). The summed E-state index contributed by atoms with van der Waals surface area (Å²) in [7, 11) is 0. The number of nitrogens with zero attached hydrogens (tertiary/aromatic N) is 2. The standard InChI is InChI=1S/C10H14BrN3O2/c1-10(2,3)16-6-9(15)14-8-5-12-7(11)4-13-8/h4-5H,6H2,1-3H3,(H,13,14,15). The zero-order valence-electron chi connectivity index (χ0n) is 9.45. The molecule has 0 radical (unpaired) electrons. The lowest BCUT2D eigenvalue weighted by Gasteiger charge is -2.18. The van der Waals surface area contributed by atoms with Crippen molar-refractivity contribution in [2.45, 2.75) is 26.4 Å². The Bertz CT molecular complexity index is 359. The van der Waals surface area contributed by atoms with Crippen molar-refractivity contribution in [3.05, 3.63) is 17.0 Å². The van der Waals surface area contributed by atoms with Crippen LogP contribution in [-0.4, -0.2) is 28.1 Å². The number of carbonyl (C=O) groups is 1. The Kier molecular flexibility index (Phi) is 4.37. The van der Waals surface area contributed by atoms with E-state index in [4.69, 9.17) is 4.74 Å². The van der Waals surface area contributed by atoms with Gasteiger partial charge in [0.1, 0.15) is 11.2 Å². The Morgan fingerprint density at radius 1 is 1.44 bits per heavy atom. The van der Waals surface area contributed by atoms with Crippen LogP contribution in [0.25, 0.3) is 0 Å². The van der Waals surface area contributed by atoms with Crippen molar-refractivity contribution in [1.82, 2.24) is 9.97 Å². The largest absolute Gasteiger partial charge is 0.366 e. The van der Waals surface area contributed by atoms with Crippen molar-refractivity contribution in [2.75, 3.05) is 11.9 Å². The van der Waals surface area contributed by atoms with Crippen LogP contribution in [-0.2, 0) is 9.53 Å². The molecule has 6 heteroatoms. The molecule has 1 aromatic rings. The van der Waals surface area contributed by atoms with Crippen molar-refractivity contribution >= 4 is 27.7 Å². The lowest BCUT2D eigenvalue weighted by molar-refractivity contribution is -0.125. The van der Waals surface area contributed by atoms with Crippen molar-refractivity contribution in [3.63, 3.8) is 0 Å². The fourth-order valence-corrected chi connectivity index (χ4v) is 1.04. The first-order chi connectivity index (χ1) is 7.37. The van der Waals surface area contributed by atoms with Crippen molar-refractivity contribution in [2.24, 2.45) is 0 Å². The molecule has 0 fully saturated rings. The van der Waals surface area contributed by atoms with E-state index in [9.17, 15) is 4.79 Å². The summed E-state index contributed by atoms with van der Waals surface area (Å²) in [6, 6.07) is 0. The molecule has 0 aromatic carbocycles. The molecular formula is C10H14BrN3O2. The minimum absolute atomic E-state index is 0.00123. The number of anilines is 1. The fourth-order valence-electron chi connectivity index (χ4n) is 0.838. The van der Waals surface area contributed by atoms with E-state index < -0.39 is 0 Å². The van der Waals surface area contributed by atoms with E-state index in [2.05, 4.69) is 31.2 Å². The number of amides is 1. The smallest absolute Gasteiger partial charge is 0.251 e. The summed E-state index contributed by atoms with van der Waals surface area (Å²) >= 11 is 3.16. The Morgan fingerprint density at radius 3 is 2.62 bits per heavy atom. The van der Waals surface area contributed by atoms with Crippen LogP contribution in [0.2, 0.25) is 0 Å². The van der Waals surface area contributed by atoms with Crippen LogP contribution < -0.4 is 5.32 Å². The number of ether oxygens (including phenoxy) is 1. The number of hydrogen-bond acceptors (Lipinski definition) is 4. The second kappa shape index (κ2) is 5.36. The molecule has 1 amide bonds. The molecule has 0 saturated heterocycles. The quantitative estimate of drug-likeness (QED) is 0.923. The normalized spacial score (nSPS) is 11.2. The summed E-state index contributed by atoms with van der Waals surface area (Å²) in [5, 5.41) is 2.58. The average Bonchev–Trinajstić information content (AvgIpc) is 2.18. The molecule has 0 spiro atoms. The predicted molar refractivity (Wildman–Crippen MR) is 64.1 cm³/mol. The molecule has 0 atom stereocenters. The second-order valence-corrected chi connectivity index (χ2v) is 4.99. The SMILES string of the molecule is CC(C)(C)OCC(=O)Nc1cnc(Br)cn1. The molecule has 1 heterocycles. The first-order valence-electron chi connectivity index (χ1n) is 4.78. The van der Waals surface area contributed by atoms with Crippen LogP contribution >= 0.6 is 15.9 Å². The molecule has 0 aliphatic rings. The zero-order chi connectivity index (χ0) is 12.2. The maximum Gasteiger partial charge on any atom is 0.251 e. The highest BCUT2D eigenvalue weighted by molar-refractivity contribution is 9.10. The third-order valence-electron chi connectivity index (χ3n) is 1.52. The summed E-state index contributed by atoms with van der Waals surface area (Å²) < 4.78 is 5.94. The summed E-state index contributed by atoms with van der Waals surface area (Å²) in [4.78, 5) is 19.3. The van der Waals surface area contributed by atoms with Gasteiger partial charge in [-0.1, -0.05) is 0 Å². The molecule has 1 N–H and O–H groups in total. The maximum absolute atomic E-state index is 11.4. The number of nitrogens with one attached hydrogen (secondary N) is 1. The van der Waals surface area contributed by atoms with Crippen molar-refractivity contribution < 1.29 is 9.53 Å². The average molecular weight is 288 g/mol. The van der Waals surface area contributed by atoms with Gasteiger partial charge in [0.25, 0.3) is 5.91 Å². The van der Waals surface area contributed by atoms with E-state index in [0.29, 0.717) is 10.4 Å². The number of hydrogen-bond donors (Lipinski definition) is 1. The van der Waals surface area contributed by atoms with Gasteiger partial charge in [0.05, 0.1) is 18.0 Å². The lowest BCUT2D eigenvalue weighted by atomic mass is 10.2. The second-order valence-electron chi connectivity index (χ2n) is 4.17. The van der Waals surface area contributed by atoms with Crippen LogP contribution in [0.3, 0.4) is 0 Å². The van der Waals surface area contributed by atoms with Crippen molar-refractivity contribution in [1.29, 1.82) is 0 Å². The van der Waals surface area contributed by atoms with Crippen molar-refractivity contribution in [3.8, 4) is 0 Å². The minimum atomic E-state index is -0.331. The van der Waals surface area contributed by atoms with Gasteiger partial charge in [-0.15, -0.1) is 0 Å². The van der Waals surface area contributed by atoms with Crippen LogP contribution in [0.5, 0.6) is 0 Å². The van der Waals surface area contributed by atoms with Gasteiger partial charge >= 0.3 is 0 Å². The Hall–Kier alpha value is -1.01. The topological polar surface area (TPSA) is 64.1 Å². The van der Waals surface area contributed by atoms with Crippen LogP contribution in [0.15, 0.2) is 17.0 Å². The van der Waals surface area contributed by atoms with Gasteiger partial charge in [-0.3, -0.25) is 4.79 Å². The highest BCUT2D eigenvalue weighted by Gasteiger charge is 2.13. The summed E-state index contributed by atoms with van der Waals surface area (Å²) in [6.07, 6.45) is 2.99. The molecule has 0 unspecified atom stereocenters. The van der Waals surface area contributed by atoms with Crippen LogP contribution in [0.1, 0.15) is 20.8 Å². The molecule has 0 aliphatic carbocycles. The molecule has 0 bridgehead atoms. The highest BCUT2D eigenvalue weighted by atomic mass is 79.9. The maximum atomic E-state index is 11.4. The molecule has 0 saturated carbocycles. The van der Waals surface area contributed by atoms with Gasteiger partial charge in [-0.2, -0.15) is 0 Å². The van der Waals surface area contributed by atoms with Gasteiger partial charge in [0.15, 0.2) is 5.82 Å². The van der Waals surface area contributed by atoms with E-state index in [1.165, 1.54) is 12.4 Å².